The van der Waals surface area contributed by atoms with Crippen molar-refractivity contribution in [2.75, 3.05) is 0 Å². The maximum atomic E-state index is 11.6. The van der Waals surface area contributed by atoms with Crippen LogP contribution >= 0.6 is 0 Å². The maximum Gasteiger partial charge on any atom is 0.306 e. The summed E-state index contributed by atoms with van der Waals surface area (Å²) in [5.74, 6) is -0.0411. The highest BCUT2D eigenvalue weighted by Gasteiger charge is 2.20. The molecule has 16 heavy (non-hydrogen) atoms. The van der Waals surface area contributed by atoms with E-state index in [1.807, 2.05) is 41.5 Å². The van der Waals surface area contributed by atoms with Crippen LogP contribution < -0.4 is 0 Å². The Morgan fingerprint density at radius 1 is 1.12 bits per heavy atom. The molecule has 0 aliphatic heterocycles. The molecule has 3 nitrogen and oxygen atoms in total. The summed E-state index contributed by atoms with van der Waals surface area (Å²) < 4.78 is 5.18. The molecule has 0 aromatic heterocycles. The fourth-order valence-corrected chi connectivity index (χ4v) is 1.44. The Labute approximate surface area is 98.6 Å². The summed E-state index contributed by atoms with van der Waals surface area (Å²) in [6.45, 7) is 11.2. The molecule has 94 valence electrons. The van der Waals surface area contributed by atoms with Crippen LogP contribution in [0.4, 0.5) is 0 Å². The Morgan fingerprint density at radius 3 is 2.00 bits per heavy atom. The molecule has 0 bridgehead atoms. The SMILES string of the molecule is CC(C)C(=O)C(C)CCC(=O)OC(C)(C)C. The van der Waals surface area contributed by atoms with Gasteiger partial charge in [-0.1, -0.05) is 20.8 Å². The second-order valence-electron chi connectivity index (χ2n) is 5.58. The van der Waals surface area contributed by atoms with E-state index in [9.17, 15) is 9.59 Å². The normalized spacial score (nSPS) is 13.7. The van der Waals surface area contributed by atoms with Crippen LogP contribution in [0.5, 0.6) is 0 Å². The van der Waals surface area contributed by atoms with Crippen LogP contribution in [0, 0.1) is 11.8 Å². The average molecular weight is 228 g/mol. The summed E-state index contributed by atoms with van der Waals surface area (Å²) in [7, 11) is 0. The van der Waals surface area contributed by atoms with Gasteiger partial charge in [0.05, 0.1) is 0 Å². The lowest BCUT2D eigenvalue weighted by atomic mass is 9.93. The highest BCUT2D eigenvalue weighted by atomic mass is 16.6. The molecule has 0 fully saturated rings. The van der Waals surface area contributed by atoms with Gasteiger partial charge in [-0.25, -0.2) is 0 Å². The summed E-state index contributed by atoms with van der Waals surface area (Å²) in [5, 5.41) is 0. The Morgan fingerprint density at radius 2 is 1.62 bits per heavy atom. The molecule has 0 N–H and O–H groups in total. The van der Waals surface area contributed by atoms with Crippen LogP contribution in [-0.4, -0.2) is 17.4 Å². The van der Waals surface area contributed by atoms with E-state index in [0.717, 1.165) is 0 Å². The third-order valence-electron chi connectivity index (χ3n) is 2.26. The molecule has 0 rings (SSSR count). The summed E-state index contributed by atoms with van der Waals surface area (Å²) in [4.78, 5) is 23.0. The minimum atomic E-state index is -0.442. The summed E-state index contributed by atoms with van der Waals surface area (Å²) in [6, 6.07) is 0. The summed E-state index contributed by atoms with van der Waals surface area (Å²) in [5.41, 5.74) is -0.442. The smallest absolute Gasteiger partial charge is 0.306 e. The van der Waals surface area contributed by atoms with E-state index in [2.05, 4.69) is 0 Å². The van der Waals surface area contributed by atoms with Gasteiger partial charge in [-0.2, -0.15) is 0 Å². The molecule has 0 saturated carbocycles. The number of esters is 1. The lowest BCUT2D eigenvalue weighted by Crippen LogP contribution is -2.25. The second-order valence-corrected chi connectivity index (χ2v) is 5.58. The first-order valence-corrected chi connectivity index (χ1v) is 5.89. The van der Waals surface area contributed by atoms with Gasteiger partial charge >= 0.3 is 5.97 Å². The van der Waals surface area contributed by atoms with Crippen molar-refractivity contribution in [2.24, 2.45) is 11.8 Å². The largest absolute Gasteiger partial charge is 0.460 e. The van der Waals surface area contributed by atoms with E-state index in [1.165, 1.54) is 0 Å². The van der Waals surface area contributed by atoms with E-state index < -0.39 is 5.60 Å². The monoisotopic (exact) mass is 228 g/mol. The molecule has 0 aliphatic carbocycles. The first kappa shape index (κ1) is 15.1. The number of carbonyl (C=O) groups is 2. The quantitative estimate of drug-likeness (QED) is 0.679. The van der Waals surface area contributed by atoms with E-state index in [4.69, 9.17) is 4.74 Å². The minimum Gasteiger partial charge on any atom is -0.460 e. The molecule has 1 unspecified atom stereocenters. The molecule has 0 heterocycles. The van der Waals surface area contributed by atoms with Gasteiger partial charge in [0.1, 0.15) is 11.4 Å². The molecule has 1 atom stereocenters. The molecule has 0 saturated heterocycles. The van der Waals surface area contributed by atoms with Gasteiger partial charge in [0.2, 0.25) is 0 Å². The van der Waals surface area contributed by atoms with Crippen molar-refractivity contribution in [1.82, 2.24) is 0 Å². The zero-order valence-corrected chi connectivity index (χ0v) is 11.3. The predicted octanol–water partition coefficient (Wildman–Crippen LogP) is 2.97. The molecule has 3 heteroatoms. The lowest BCUT2D eigenvalue weighted by molar-refractivity contribution is -0.155. The van der Waals surface area contributed by atoms with E-state index in [1.54, 1.807) is 0 Å². The van der Waals surface area contributed by atoms with Crippen LogP contribution in [-0.2, 0) is 14.3 Å². The van der Waals surface area contributed by atoms with Gasteiger partial charge in [0.15, 0.2) is 0 Å². The Bertz CT molecular complexity index is 248. The second kappa shape index (κ2) is 6.02. The number of ether oxygens (including phenoxy) is 1. The third kappa shape index (κ3) is 6.59. The number of rotatable bonds is 5. The first-order valence-electron chi connectivity index (χ1n) is 5.89. The maximum absolute atomic E-state index is 11.6. The minimum absolute atomic E-state index is 0.0358. The van der Waals surface area contributed by atoms with Crippen molar-refractivity contribution >= 4 is 11.8 Å². The van der Waals surface area contributed by atoms with Gasteiger partial charge < -0.3 is 4.74 Å². The zero-order valence-electron chi connectivity index (χ0n) is 11.3. The molecular weight excluding hydrogens is 204 g/mol. The van der Waals surface area contributed by atoms with Crippen molar-refractivity contribution in [1.29, 1.82) is 0 Å². The van der Waals surface area contributed by atoms with Crippen molar-refractivity contribution in [3.05, 3.63) is 0 Å². The van der Waals surface area contributed by atoms with Crippen LogP contribution in [0.15, 0.2) is 0 Å². The number of carbonyl (C=O) groups excluding carboxylic acids is 2. The standard InChI is InChI=1S/C13H24O3/c1-9(2)12(15)10(3)7-8-11(14)16-13(4,5)6/h9-10H,7-8H2,1-6H3. The summed E-state index contributed by atoms with van der Waals surface area (Å²) in [6.07, 6.45) is 0.892. The van der Waals surface area contributed by atoms with Gasteiger partial charge in [-0.15, -0.1) is 0 Å². The zero-order chi connectivity index (χ0) is 12.9. The predicted molar refractivity (Wildman–Crippen MR) is 64.1 cm³/mol. The fraction of sp³-hybridized carbons (Fsp3) is 0.846. The fourth-order valence-electron chi connectivity index (χ4n) is 1.44. The topological polar surface area (TPSA) is 43.4 Å². The van der Waals surface area contributed by atoms with Crippen molar-refractivity contribution in [3.63, 3.8) is 0 Å². The molecular formula is C13H24O3. The highest BCUT2D eigenvalue weighted by Crippen LogP contribution is 2.15. The van der Waals surface area contributed by atoms with Gasteiger partial charge in [-0.05, 0) is 27.2 Å². The molecule has 0 radical (unpaired) electrons. The van der Waals surface area contributed by atoms with Crippen molar-refractivity contribution in [3.8, 4) is 0 Å². The molecule has 0 amide bonds. The number of hydrogen-bond acceptors (Lipinski definition) is 3. The molecule has 0 aromatic carbocycles. The van der Waals surface area contributed by atoms with Gasteiger partial charge in [0, 0.05) is 18.3 Å². The molecule has 0 aromatic rings. The van der Waals surface area contributed by atoms with Gasteiger partial charge in [-0.3, -0.25) is 9.59 Å². The van der Waals surface area contributed by atoms with Crippen LogP contribution in [0.3, 0.4) is 0 Å². The Balaban J connectivity index is 3.98. The van der Waals surface area contributed by atoms with Crippen molar-refractivity contribution < 1.29 is 14.3 Å². The first-order chi connectivity index (χ1) is 7.13. The number of Topliss-reactive ketones (excluding diaryl/α,β-unsaturated/α-hetero) is 1. The van der Waals surface area contributed by atoms with Crippen molar-refractivity contribution in [2.45, 2.75) is 60.0 Å². The Hall–Kier alpha value is -0.860. The Kier molecular flexibility index (Phi) is 5.70. The number of ketones is 1. The van der Waals surface area contributed by atoms with E-state index in [-0.39, 0.29) is 23.6 Å². The summed E-state index contributed by atoms with van der Waals surface area (Å²) >= 11 is 0. The van der Waals surface area contributed by atoms with Crippen LogP contribution in [0.25, 0.3) is 0 Å². The highest BCUT2D eigenvalue weighted by molar-refractivity contribution is 5.83. The van der Waals surface area contributed by atoms with Gasteiger partial charge in [0.25, 0.3) is 0 Å². The third-order valence-corrected chi connectivity index (χ3v) is 2.26. The molecule has 0 aliphatic rings. The van der Waals surface area contributed by atoms with Crippen LogP contribution in [0.1, 0.15) is 54.4 Å². The lowest BCUT2D eigenvalue weighted by Gasteiger charge is -2.20. The van der Waals surface area contributed by atoms with Crippen LogP contribution in [0.2, 0.25) is 0 Å². The van der Waals surface area contributed by atoms with E-state index >= 15 is 0 Å². The average Bonchev–Trinajstić information content (AvgIpc) is 2.09. The number of hydrogen-bond donors (Lipinski definition) is 0. The van der Waals surface area contributed by atoms with E-state index in [0.29, 0.717) is 12.8 Å². The molecule has 0 spiro atoms.